The van der Waals surface area contributed by atoms with E-state index in [9.17, 15) is 0 Å². The van der Waals surface area contributed by atoms with Gasteiger partial charge in [0.25, 0.3) is 0 Å². The maximum Gasteiger partial charge on any atom is 0.0874 e. The van der Waals surface area contributed by atoms with E-state index in [4.69, 9.17) is 0 Å². The summed E-state index contributed by atoms with van der Waals surface area (Å²) in [6.07, 6.45) is 36.9. The highest BCUT2D eigenvalue weighted by molar-refractivity contribution is 4.64. The summed E-state index contributed by atoms with van der Waals surface area (Å²) in [5.74, 6) is 0. The van der Waals surface area contributed by atoms with Gasteiger partial charge in [-0.2, -0.15) is 0 Å². The zero-order chi connectivity index (χ0) is 22.2. The lowest BCUT2D eigenvalue weighted by atomic mass is 9.93. The molecule has 0 bridgehead atoms. The molecule has 1 heteroatoms. The molecule has 1 saturated carbocycles. The van der Waals surface area contributed by atoms with Crippen LogP contribution in [0.4, 0.5) is 0 Å². The van der Waals surface area contributed by atoms with Crippen LogP contribution in [0.1, 0.15) is 174 Å². The molecule has 0 amide bonds. The van der Waals surface area contributed by atoms with Crippen LogP contribution in [0.25, 0.3) is 0 Å². The van der Waals surface area contributed by atoms with E-state index in [0.29, 0.717) is 0 Å². The van der Waals surface area contributed by atoms with Crippen LogP contribution < -0.4 is 4.90 Å². The van der Waals surface area contributed by atoms with Crippen LogP contribution in [0.5, 0.6) is 0 Å². The highest BCUT2D eigenvalue weighted by atomic mass is 15.1. The number of unbranched alkanes of at least 4 members (excludes halogenated alkanes) is 18. The van der Waals surface area contributed by atoms with E-state index in [1.165, 1.54) is 174 Å². The second kappa shape index (κ2) is 23.1. The molecular formula is C30H62N+. The summed E-state index contributed by atoms with van der Waals surface area (Å²) < 4.78 is 0. The predicted molar refractivity (Wildman–Crippen MR) is 141 cm³/mol. The third kappa shape index (κ3) is 18.1. The third-order valence-corrected chi connectivity index (χ3v) is 7.89. The Morgan fingerprint density at radius 3 is 1.10 bits per heavy atom. The molecule has 0 unspecified atom stereocenters. The Kier molecular flexibility index (Phi) is 21.6. The molecule has 31 heavy (non-hydrogen) atoms. The lowest BCUT2D eigenvalue weighted by Gasteiger charge is -2.31. The maximum absolute atomic E-state index is 2.31. The fourth-order valence-corrected chi connectivity index (χ4v) is 5.72. The number of rotatable bonds is 23. The minimum Gasteiger partial charge on any atom is -0.333 e. The molecule has 1 fully saturated rings. The minimum absolute atomic E-state index is 1.01. The average molecular weight is 437 g/mol. The van der Waals surface area contributed by atoms with Gasteiger partial charge in [0.15, 0.2) is 0 Å². The van der Waals surface area contributed by atoms with Crippen molar-refractivity contribution in [2.75, 3.05) is 13.1 Å². The Bertz CT molecular complexity index is 309. The van der Waals surface area contributed by atoms with Crippen molar-refractivity contribution in [1.29, 1.82) is 0 Å². The Morgan fingerprint density at radius 1 is 0.419 bits per heavy atom. The van der Waals surface area contributed by atoms with E-state index in [-0.39, 0.29) is 0 Å². The minimum atomic E-state index is 1.01. The van der Waals surface area contributed by atoms with Crippen molar-refractivity contribution in [3.05, 3.63) is 0 Å². The molecule has 1 aliphatic carbocycles. The van der Waals surface area contributed by atoms with Crippen molar-refractivity contribution >= 4 is 0 Å². The van der Waals surface area contributed by atoms with Crippen LogP contribution in [-0.2, 0) is 0 Å². The molecule has 0 radical (unpaired) electrons. The summed E-state index contributed by atoms with van der Waals surface area (Å²) in [6, 6.07) is 1.01. The molecule has 1 aliphatic rings. The van der Waals surface area contributed by atoms with Crippen LogP contribution in [0.3, 0.4) is 0 Å². The van der Waals surface area contributed by atoms with Crippen LogP contribution in [0, 0.1) is 0 Å². The van der Waals surface area contributed by atoms with Crippen molar-refractivity contribution in [2.24, 2.45) is 0 Å². The Hall–Kier alpha value is -0.0400. The summed E-state index contributed by atoms with van der Waals surface area (Å²) in [4.78, 5) is 2.00. The van der Waals surface area contributed by atoms with Gasteiger partial charge in [0, 0.05) is 0 Å². The average Bonchev–Trinajstić information content (AvgIpc) is 2.80. The van der Waals surface area contributed by atoms with Gasteiger partial charge in [-0.15, -0.1) is 0 Å². The number of quaternary nitrogens is 1. The second-order valence-corrected chi connectivity index (χ2v) is 10.9. The quantitative estimate of drug-likeness (QED) is 0.152. The molecular weight excluding hydrogens is 374 g/mol. The molecule has 1 N–H and O–H groups in total. The molecule has 1 nitrogen and oxygen atoms in total. The van der Waals surface area contributed by atoms with E-state index in [1.807, 2.05) is 4.90 Å². The highest BCUT2D eigenvalue weighted by Crippen LogP contribution is 2.16. The van der Waals surface area contributed by atoms with Crippen molar-refractivity contribution in [2.45, 2.75) is 180 Å². The van der Waals surface area contributed by atoms with E-state index >= 15 is 0 Å². The summed E-state index contributed by atoms with van der Waals surface area (Å²) >= 11 is 0. The molecule has 0 aromatic rings. The molecule has 0 aliphatic heterocycles. The monoisotopic (exact) mass is 436 g/mol. The summed E-state index contributed by atoms with van der Waals surface area (Å²) in [6.45, 7) is 7.57. The normalized spacial score (nSPS) is 15.2. The molecule has 0 spiro atoms. The third-order valence-electron chi connectivity index (χ3n) is 7.89. The SMILES string of the molecule is CCCCCCCCCCCC[NH+](CCCCCCCCCCCC)C1CCCCC1. The standard InChI is InChI=1S/C30H61N/c1-3-5-7-9-11-13-15-17-19-24-28-31(30-26-22-21-23-27-30)29-25-20-18-16-14-12-10-8-6-4-2/h30H,3-29H2,1-2H3/p+1. The van der Waals surface area contributed by atoms with Gasteiger partial charge < -0.3 is 4.90 Å². The number of nitrogens with one attached hydrogen (secondary N) is 1. The fourth-order valence-electron chi connectivity index (χ4n) is 5.72. The Balaban J connectivity index is 2.05. The molecule has 0 aromatic heterocycles. The molecule has 0 aromatic carbocycles. The van der Waals surface area contributed by atoms with Gasteiger partial charge in [-0.25, -0.2) is 0 Å². The Morgan fingerprint density at radius 2 is 0.742 bits per heavy atom. The smallest absolute Gasteiger partial charge is 0.0874 e. The summed E-state index contributed by atoms with van der Waals surface area (Å²) in [5.41, 5.74) is 0. The summed E-state index contributed by atoms with van der Waals surface area (Å²) in [7, 11) is 0. The topological polar surface area (TPSA) is 4.44 Å². The van der Waals surface area contributed by atoms with Gasteiger partial charge in [0.05, 0.1) is 19.1 Å². The first kappa shape index (κ1) is 29.0. The summed E-state index contributed by atoms with van der Waals surface area (Å²) in [5, 5.41) is 0. The van der Waals surface area contributed by atoms with E-state index in [1.54, 1.807) is 0 Å². The van der Waals surface area contributed by atoms with E-state index in [0.717, 1.165) is 6.04 Å². The maximum atomic E-state index is 2.31. The van der Waals surface area contributed by atoms with Crippen LogP contribution >= 0.6 is 0 Å². The van der Waals surface area contributed by atoms with Crippen molar-refractivity contribution in [1.82, 2.24) is 0 Å². The number of hydrogen-bond donors (Lipinski definition) is 1. The van der Waals surface area contributed by atoms with Crippen molar-refractivity contribution in [3.63, 3.8) is 0 Å². The van der Waals surface area contributed by atoms with Gasteiger partial charge >= 0.3 is 0 Å². The Labute approximate surface area is 198 Å². The van der Waals surface area contributed by atoms with E-state index in [2.05, 4.69) is 13.8 Å². The van der Waals surface area contributed by atoms with Gasteiger partial charge in [-0.05, 0) is 51.4 Å². The molecule has 186 valence electrons. The molecule has 1 rings (SSSR count). The first-order chi connectivity index (χ1) is 15.4. The van der Waals surface area contributed by atoms with Crippen molar-refractivity contribution in [3.8, 4) is 0 Å². The second-order valence-electron chi connectivity index (χ2n) is 10.9. The van der Waals surface area contributed by atoms with Gasteiger partial charge in [0.1, 0.15) is 0 Å². The lowest BCUT2D eigenvalue weighted by molar-refractivity contribution is -0.927. The largest absolute Gasteiger partial charge is 0.333 e. The van der Waals surface area contributed by atoms with Gasteiger partial charge in [-0.1, -0.05) is 123 Å². The zero-order valence-electron chi connectivity index (χ0n) is 22.2. The number of hydrogen-bond acceptors (Lipinski definition) is 0. The van der Waals surface area contributed by atoms with Gasteiger partial charge in [0.2, 0.25) is 0 Å². The van der Waals surface area contributed by atoms with Gasteiger partial charge in [-0.3, -0.25) is 0 Å². The molecule has 0 saturated heterocycles. The van der Waals surface area contributed by atoms with Crippen molar-refractivity contribution < 1.29 is 4.90 Å². The lowest BCUT2D eigenvalue weighted by Crippen LogP contribution is -3.15. The molecule has 0 atom stereocenters. The highest BCUT2D eigenvalue weighted by Gasteiger charge is 2.23. The first-order valence-corrected chi connectivity index (χ1v) is 15.2. The van der Waals surface area contributed by atoms with Crippen LogP contribution in [-0.4, -0.2) is 19.1 Å². The predicted octanol–water partition coefficient (Wildman–Crippen LogP) is 9.05. The van der Waals surface area contributed by atoms with Crippen LogP contribution in [0.2, 0.25) is 0 Å². The van der Waals surface area contributed by atoms with E-state index < -0.39 is 0 Å². The first-order valence-electron chi connectivity index (χ1n) is 15.2. The zero-order valence-corrected chi connectivity index (χ0v) is 22.2. The molecule has 0 heterocycles. The van der Waals surface area contributed by atoms with Crippen LogP contribution in [0.15, 0.2) is 0 Å². The fraction of sp³-hybridized carbons (Fsp3) is 1.00.